The number of amides is 1. The number of rotatable bonds is 5. The monoisotopic (exact) mass is 288 g/mol. The molecule has 21 heavy (non-hydrogen) atoms. The summed E-state index contributed by atoms with van der Waals surface area (Å²) in [7, 11) is 0. The number of hydrogen-bond donors (Lipinski definition) is 1. The minimum Gasteiger partial charge on any atom is -0.478 e. The van der Waals surface area contributed by atoms with Crippen LogP contribution in [0.3, 0.4) is 0 Å². The van der Waals surface area contributed by atoms with E-state index < -0.39 is 5.60 Å². The largest absolute Gasteiger partial charge is 0.478 e. The van der Waals surface area contributed by atoms with Crippen LogP contribution in [0.4, 0.5) is 5.82 Å². The molecule has 2 aromatic rings. The lowest BCUT2D eigenvalue weighted by molar-refractivity contribution is -0.128. The number of nitrogens with one attached hydrogen (secondary N) is 1. The average molecular weight is 288 g/mol. The van der Waals surface area contributed by atoms with Crippen molar-refractivity contribution in [2.45, 2.75) is 39.2 Å². The highest BCUT2D eigenvalue weighted by Gasteiger charge is 2.30. The molecule has 1 aromatic heterocycles. The molecule has 0 bridgehead atoms. The number of benzene rings is 1. The first-order valence-electron chi connectivity index (χ1n) is 6.89. The second-order valence-electron chi connectivity index (χ2n) is 5.67. The second kappa shape index (κ2) is 5.99. The van der Waals surface area contributed by atoms with Crippen LogP contribution < -0.4 is 10.1 Å². The molecule has 0 atom stereocenters. The zero-order valence-corrected chi connectivity index (χ0v) is 12.7. The first-order valence-corrected chi connectivity index (χ1v) is 6.89. The van der Waals surface area contributed by atoms with Crippen molar-refractivity contribution in [3.8, 4) is 5.75 Å². The van der Waals surface area contributed by atoms with Crippen LogP contribution >= 0.6 is 0 Å². The summed E-state index contributed by atoms with van der Waals surface area (Å²) in [5.74, 6) is 1.19. The Bertz CT molecular complexity index is 586. The summed E-state index contributed by atoms with van der Waals surface area (Å²) in [5.41, 5.74) is 0.213. The van der Waals surface area contributed by atoms with E-state index in [-0.39, 0.29) is 5.91 Å². The van der Waals surface area contributed by atoms with E-state index in [1.807, 2.05) is 24.3 Å². The van der Waals surface area contributed by atoms with Crippen LogP contribution in [0.5, 0.6) is 5.75 Å². The van der Waals surface area contributed by atoms with E-state index in [1.165, 1.54) is 11.8 Å². The third-order valence-electron chi connectivity index (χ3n) is 3.15. The normalized spacial score (nSPS) is 11.5. The fourth-order valence-corrected chi connectivity index (χ4v) is 1.81. The van der Waals surface area contributed by atoms with Crippen LogP contribution in [0.2, 0.25) is 0 Å². The highest BCUT2D eigenvalue weighted by atomic mass is 16.5. The summed E-state index contributed by atoms with van der Waals surface area (Å²) in [4.78, 5) is 12.2. The van der Waals surface area contributed by atoms with Crippen molar-refractivity contribution >= 4 is 11.7 Å². The highest BCUT2D eigenvalue weighted by molar-refractivity contribution is 5.96. The Hall–Kier alpha value is -2.30. The Labute approximate surface area is 124 Å². The van der Waals surface area contributed by atoms with Crippen LogP contribution in [0, 0.1) is 0 Å². The fraction of sp³-hybridized carbons (Fsp3) is 0.375. The van der Waals surface area contributed by atoms with E-state index in [0.29, 0.717) is 17.5 Å². The van der Waals surface area contributed by atoms with Crippen LogP contribution in [-0.2, 0) is 4.79 Å². The van der Waals surface area contributed by atoms with Crippen molar-refractivity contribution in [3.63, 3.8) is 0 Å². The van der Waals surface area contributed by atoms with Gasteiger partial charge in [0.05, 0.1) is 0 Å². The summed E-state index contributed by atoms with van der Waals surface area (Å²) in [6.07, 6.45) is 1.40. The topological polar surface area (TPSA) is 64.4 Å². The summed E-state index contributed by atoms with van der Waals surface area (Å²) in [6.45, 7) is 7.67. The van der Waals surface area contributed by atoms with E-state index in [0.717, 1.165) is 0 Å². The Kier molecular flexibility index (Phi) is 4.31. The first-order chi connectivity index (χ1) is 9.88. The fourth-order valence-electron chi connectivity index (χ4n) is 1.81. The lowest BCUT2D eigenvalue weighted by Crippen LogP contribution is -2.42. The molecule has 1 amide bonds. The molecule has 0 unspecified atom stereocenters. The second-order valence-corrected chi connectivity index (χ2v) is 5.67. The molecule has 5 nitrogen and oxygen atoms in total. The maximum absolute atomic E-state index is 12.2. The van der Waals surface area contributed by atoms with Crippen molar-refractivity contribution in [2.24, 2.45) is 0 Å². The number of aromatic nitrogens is 1. The quantitative estimate of drug-likeness (QED) is 0.913. The third kappa shape index (κ3) is 3.84. The van der Waals surface area contributed by atoms with Crippen LogP contribution in [0.25, 0.3) is 0 Å². The van der Waals surface area contributed by atoms with E-state index in [4.69, 9.17) is 4.74 Å². The Morgan fingerprint density at radius 3 is 2.43 bits per heavy atom. The minimum atomic E-state index is -1.02. The van der Waals surface area contributed by atoms with Crippen molar-refractivity contribution in [3.05, 3.63) is 42.2 Å². The zero-order chi connectivity index (χ0) is 15.5. The zero-order valence-electron chi connectivity index (χ0n) is 12.7. The molecule has 1 aromatic carbocycles. The molecule has 0 saturated heterocycles. The lowest BCUT2D eigenvalue weighted by atomic mass is 10.0. The van der Waals surface area contributed by atoms with Gasteiger partial charge in [0.25, 0.3) is 5.91 Å². The number of ether oxygens (including phenoxy) is 1. The lowest BCUT2D eigenvalue weighted by Gasteiger charge is -2.25. The standard InChI is InChI=1S/C16H20N2O3/c1-11(2)12-5-7-13(8-6-12)21-16(3,4)15(19)17-14-9-10-20-18-14/h5-11H,1-4H3,(H,17,18,19). The number of carbonyl (C=O) groups excluding carboxylic acids is 1. The van der Waals surface area contributed by atoms with Gasteiger partial charge >= 0.3 is 0 Å². The molecule has 112 valence electrons. The molecule has 0 fully saturated rings. The van der Waals surface area contributed by atoms with Gasteiger partial charge in [-0.15, -0.1) is 0 Å². The summed E-state index contributed by atoms with van der Waals surface area (Å²) >= 11 is 0. The molecule has 0 saturated carbocycles. The van der Waals surface area contributed by atoms with Gasteiger partial charge in [0.1, 0.15) is 12.0 Å². The van der Waals surface area contributed by atoms with Gasteiger partial charge in [-0.3, -0.25) is 4.79 Å². The molecular weight excluding hydrogens is 268 g/mol. The predicted octanol–water partition coefficient (Wildman–Crippen LogP) is 3.59. The van der Waals surface area contributed by atoms with Crippen molar-refractivity contribution < 1.29 is 14.1 Å². The van der Waals surface area contributed by atoms with Gasteiger partial charge in [-0.25, -0.2) is 0 Å². The SMILES string of the molecule is CC(C)c1ccc(OC(C)(C)C(=O)Nc2ccon2)cc1. The van der Waals surface area contributed by atoms with Crippen LogP contribution in [0.1, 0.15) is 39.2 Å². The Morgan fingerprint density at radius 2 is 1.90 bits per heavy atom. The molecule has 0 aliphatic carbocycles. The van der Waals surface area contributed by atoms with Gasteiger partial charge in [0.2, 0.25) is 0 Å². The summed E-state index contributed by atoms with van der Waals surface area (Å²) in [6, 6.07) is 9.34. The molecule has 1 heterocycles. The minimum absolute atomic E-state index is 0.288. The van der Waals surface area contributed by atoms with Gasteiger partial charge in [-0.1, -0.05) is 31.1 Å². The van der Waals surface area contributed by atoms with Crippen LogP contribution in [-0.4, -0.2) is 16.7 Å². The molecule has 0 radical (unpaired) electrons. The maximum Gasteiger partial charge on any atom is 0.269 e. The van der Waals surface area contributed by atoms with E-state index >= 15 is 0 Å². The Morgan fingerprint density at radius 1 is 1.24 bits per heavy atom. The van der Waals surface area contributed by atoms with Gasteiger partial charge in [-0.05, 0) is 37.5 Å². The summed E-state index contributed by atoms with van der Waals surface area (Å²) in [5, 5.41) is 6.29. The van der Waals surface area contributed by atoms with Crippen LogP contribution in [0.15, 0.2) is 41.1 Å². The third-order valence-corrected chi connectivity index (χ3v) is 3.15. The predicted molar refractivity (Wildman–Crippen MR) is 80.4 cm³/mol. The summed E-state index contributed by atoms with van der Waals surface area (Å²) < 4.78 is 10.5. The van der Waals surface area contributed by atoms with E-state index in [2.05, 4.69) is 28.8 Å². The smallest absolute Gasteiger partial charge is 0.269 e. The molecule has 1 N–H and O–H groups in total. The van der Waals surface area contributed by atoms with Gasteiger partial charge in [-0.2, -0.15) is 0 Å². The van der Waals surface area contributed by atoms with Gasteiger partial charge in [0, 0.05) is 6.07 Å². The molecule has 2 rings (SSSR count). The van der Waals surface area contributed by atoms with Crippen molar-refractivity contribution in [1.82, 2.24) is 5.16 Å². The first kappa shape index (κ1) is 15.1. The van der Waals surface area contributed by atoms with E-state index in [1.54, 1.807) is 19.9 Å². The molecule has 0 aliphatic heterocycles. The number of nitrogens with zero attached hydrogens (tertiary/aromatic N) is 1. The van der Waals surface area contributed by atoms with Crippen molar-refractivity contribution in [2.75, 3.05) is 5.32 Å². The maximum atomic E-state index is 12.2. The number of hydrogen-bond acceptors (Lipinski definition) is 4. The molecule has 0 aliphatic rings. The Balaban J connectivity index is 2.04. The molecule has 5 heteroatoms. The molecule has 0 spiro atoms. The average Bonchev–Trinajstić information content (AvgIpc) is 2.91. The molecular formula is C16H20N2O3. The highest BCUT2D eigenvalue weighted by Crippen LogP contribution is 2.23. The number of carbonyl (C=O) groups is 1. The number of anilines is 1. The van der Waals surface area contributed by atoms with E-state index in [9.17, 15) is 4.79 Å². The van der Waals surface area contributed by atoms with Crippen molar-refractivity contribution in [1.29, 1.82) is 0 Å². The van der Waals surface area contributed by atoms with Gasteiger partial charge in [0.15, 0.2) is 11.4 Å². The van der Waals surface area contributed by atoms with Gasteiger partial charge < -0.3 is 14.6 Å².